The first-order chi connectivity index (χ1) is 8.66. The van der Waals surface area contributed by atoms with Crippen LogP contribution in [0.15, 0.2) is 48.5 Å². The molecule has 0 fully saturated rings. The van der Waals surface area contributed by atoms with Gasteiger partial charge in [0.25, 0.3) is 0 Å². The van der Waals surface area contributed by atoms with Crippen molar-refractivity contribution in [2.75, 3.05) is 0 Å². The number of hydrogen-bond acceptors (Lipinski definition) is 2. The van der Waals surface area contributed by atoms with Crippen molar-refractivity contribution >= 4 is 5.78 Å². The van der Waals surface area contributed by atoms with Gasteiger partial charge >= 0.3 is 0 Å². The predicted molar refractivity (Wildman–Crippen MR) is 72.0 cm³/mol. The Balaban J connectivity index is 2.11. The van der Waals surface area contributed by atoms with Gasteiger partial charge in [0.15, 0.2) is 5.78 Å². The standard InChI is InChI=1S/C16H16O2/c1-12(17)15-11-14(9-10-16(15)18)8-7-13-5-3-2-4-6-13/h2-6,9-11,18H,7-8H2,1H3. The summed E-state index contributed by atoms with van der Waals surface area (Å²) in [5, 5.41) is 9.57. The van der Waals surface area contributed by atoms with Gasteiger partial charge in [-0.2, -0.15) is 0 Å². The van der Waals surface area contributed by atoms with Crippen LogP contribution in [0.5, 0.6) is 5.75 Å². The normalized spacial score (nSPS) is 10.3. The minimum absolute atomic E-state index is 0.0611. The van der Waals surface area contributed by atoms with Crippen molar-refractivity contribution in [2.24, 2.45) is 0 Å². The second kappa shape index (κ2) is 5.50. The molecule has 92 valence electrons. The van der Waals surface area contributed by atoms with Crippen LogP contribution < -0.4 is 0 Å². The largest absolute Gasteiger partial charge is 0.507 e. The fraction of sp³-hybridized carbons (Fsp3) is 0.188. The number of carbonyl (C=O) groups is 1. The van der Waals surface area contributed by atoms with Gasteiger partial charge in [0.1, 0.15) is 5.75 Å². The lowest BCUT2D eigenvalue weighted by molar-refractivity contribution is 0.101. The SMILES string of the molecule is CC(=O)c1cc(CCc2ccccc2)ccc1O. The maximum absolute atomic E-state index is 11.3. The van der Waals surface area contributed by atoms with Gasteiger partial charge in [0, 0.05) is 0 Å². The van der Waals surface area contributed by atoms with Crippen molar-refractivity contribution in [3.8, 4) is 5.75 Å². The molecule has 2 rings (SSSR count). The summed E-state index contributed by atoms with van der Waals surface area (Å²) in [5.41, 5.74) is 2.75. The number of Topliss-reactive ketones (excluding diaryl/α,β-unsaturated/α-hetero) is 1. The molecule has 2 aromatic carbocycles. The van der Waals surface area contributed by atoms with Gasteiger partial charge in [-0.1, -0.05) is 36.4 Å². The van der Waals surface area contributed by atoms with Crippen LogP contribution in [-0.4, -0.2) is 10.9 Å². The van der Waals surface area contributed by atoms with Gasteiger partial charge in [-0.05, 0) is 43.0 Å². The molecule has 0 amide bonds. The molecule has 0 heterocycles. The molecular formula is C16H16O2. The molecule has 0 aliphatic rings. The smallest absolute Gasteiger partial charge is 0.163 e. The number of phenols is 1. The lowest BCUT2D eigenvalue weighted by Gasteiger charge is -2.05. The van der Waals surface area contributed by atoms with E-state index in [1.165, 1.54) is 12.5 Å². The van der Waals surface area contributed by atoms with E-state index in [1.807, 2.05) is 24.3 Å². The Labute approximate surface area is 107 Å². The van der Waals surface area contributed by atoms with Crippen LogP contribution in [-0.2, 0) is 12.8 Å². The zero-order chi connectivity index (χ0) is 13.0. The number of aromatic hydroxyl groups is 1. The molecule has 0 unspecified atom stereocenters. The summed E-state index contributed by atoms with van der Waals surface area (Å²) >= 11 is 0. The van der Waals surface area contributed by atoms with Gasteiger partial charge in [-0.25, -0.2) is 0 Å². The van der Waals surface area contributed by atoms with E-state index in [9.17, 15) is 9.90 Å². The van der Waals surface area contributed by atoms with Gasteiger partial charge in [-0.15, -0.1) is 0 Å². The Morgan fingerprint density at radius 3 is 2.33 bits per heavy atom. The maximum atomic E-state index is 11.3. The fourth-order valence-electron chi connectivity index (χ4n) is 1.95. The zero-order valence-electron chi connectivity index (χ0n) is 10.4. The molecule has 2 heteroatoms. The molecule has 0 saturated heterocycles. The lowest BCUT2D eigenvalue weighted by atomic mass is 10.0. The van der Waals surface area contributed by atoms with E-state index in [-0.39, 0.29) is 11.5 Å². The summed E-state index contributed by atoms with van der Waals surface area (Å²) in [5.74, 6) is -0.0416. The number of carbonyl (C=O) groups excluding carboxylic acids is 1. The summed E-state index contributed by atoms with van der Waals surface area (Å²) in [4.78, 5) is 11.3. The molecule has 0 aliphatic heterocycles. The zero-order valence-corrected chi connectivity index (χ0v) is 10.4. The summed E-state index contributed by atoms with van der Waals surface area (Å²) in [6.07, 6.45) is 1.80. The molecular weight excluding hydrogens is 224 g/mol. The first-order valence-electron chi connectivity index (χ1n) is 6.03. The van der Waals surface area contributed by atoms with E-state index >= 15 is 0 Å². The number of rotatable bonds is 4. The van der Waals surface area contributed by atoms with E-state index < -0.39 is 0 Å². The molecule has 2 nitrogen and oxygen atoms in total. The monoisotopic (exact) mass is 240 g/mol. The van der Waals surface area contributed by atoms with E-state index in [0.29, 0.717) is 5.56 Å². The molecule has 0 aromatic heterocycles. The third-order valence-electron chi connectivity index (χ3n) is 2.99. The fourth-order valence-corrected chi connectivity index (χ4v) is 1.95. The van der Waals surface area contributed by atoms with Crippen LogP contribution in [0.1, 0.15) is 28.4 Å². The molecule has 0 aliphatic carbocycles. The molecule has 0 spiro atoms. The molecule has 1 N–H and O–H groups in total. The van der Waals surface area contributed by atoms with Crippen LogP contribution in [0, 0.1) is 0 Å². The van der Waals surface area contributed by atoms with Crippen LogP contribution >= 0.6 is 0 Å². The van der Waals surface area contributed by atoms with Crippen molar-refractivity contribution < 1.29 is 9.90 Å². The highest BCUT2D eigenvalue weighted by Gasteiger charge is 2.07. The topological polar surface area (TPSA) is 37.3 Å². The van der Waals surface area contributed by atoms with Gasteiger partial charge in [-0.3, -0.25) is 4.79 Å². The second-order valence-corrected chi connectivity index (χ2v) is 4.39. The molecule has 0 saturated carbocycles. The Kier molecular flexibility index (Phi) is 3.78. The minimum atomic E-state index is -0.103. The minimum Gasteiger partial charge on any atom is -0.507 e. The quantitative estimate of drug-likeness (QED) is 0.832. The van der Waals surface area contributed by atoms with Gasteiger partial charge in [0.2, 0.25) is 0 Å². The van der Waals surface area contributed by atoms with Crippen molar-refractivity contribution in [3.05, 3.63) is 65.2 Å². The number of ketones is 1. The van der Waals surface area contributed by atoms with E-state index in [4.69, 9.17) is 0 Å². The van der Waals surface area contributed by atoms with E-state index in [1.54, 1.807) is 12.1 Å². The maximum Gasteiger partial charge on any atom is 0.163 e. The Bertz CT molecular complexity index is 544. The Hall–Kier alpha value is -2.09. The van der Waals surface area contributed by atoms with Crippen molar-refractivity contribution in [3.63, 3.8) is 0 Å². The summed E-state index contributed by atoms with van der Waals surface area (Å²) in [6, 6.07) is 15.5. The Morgan fingerprint density at radius 1 is 1.00 bits per heavy atom. The van der Waals surface area contributed by atoms with Gasteiger partial charge in [0.05, 0.1) is 5.56 Å². The van der Waals surface area contributed by atoms with E-state index in [0.717, 1.165) is 18.4 Å². The average molecular weight is 240 g/mol. The van der Waals surface area contributed by atoms with Crippen molar-refractivity contribution in [2.45, 2.75) is 19.8 Å². The number of aryl methyl sites for hydroxylation is 2. The van der Waals surface area contributed by atoms with Crippen LogP contribution in [0.25, 0.3) is 0 Å². The average Bonchev–Trinajstić information content (AvgIpc) is 2.38. The highest BCUT2D eigenvalue weighted by molar-refractivity contribution is 5.96. The number of benzene rings is 2. The van der Waals surface area contributed by atoms with Crippen LogP contribution in [0.2, 0.25) is 0 Å². The van der Waals surface area contributed by atoms with Crippen molar-refractivity contribution in [1.29, 1.82) is 0 Å². The molecule has 0 radical (unpaired) electrons. The van der Waals surface area contributed by atoms with E-state index in [2.05, 4.69) is 12.1 Å². The first kappa shape index (κ1) is 12.4. The second-order valence-electron chi connectivity index (χ2n) is 4.39. The predicted octanol–water partition coefficient (Wildman–Crippen LogP) is 3.38. The summed E-state index contributed by atoms with van der Waals surface area (Å²) in [6.45, 7) is 1.47. The Morgan fingerprint density at radius 2 is 1.67 bits per heavy atom. The summed E-state index contributed by atoms with van der Waals surface area (Å²) < 4.78 is 0. The molecule has 0 bridgehead atoms. The first-order valence-corrected chi connectivity index (χ1v) is 6.03. The highest BCUT2D eigenvalue weighted by Crippen LogP contribution is 2.20. The number of phenolic OH excluding ortho intramolecular Hbond substituents is 1. The van der Waals surface area contributed by atoms with Crippen LogP contribution in [0.4, 0.5) is 0 Å². The van der Waals surface area contributed by atoms with Crippen LogP contribution in [0.3, 0.4) is 0 Å². The molecule has 2 aromatic rings. The third kappa shape index (κ3) is 2.98. The lowest BCUT2D eigenvalue weighted by Crippen LogP contribution is -1.97. The molecule has 18 heavy (non-hydrogen) atoms. The molecule has 0 atom stereocenters. The third-order valence-corrected chi connectivity index (χ3v) is 2.99. The van der Waals surface area contributed by atoms with Gasteiger partial charge < -0.3 is 5.11 Å². The summed E-state index contributed by atoms with van der Waals surface area (Å²) in [7, 11) is 0. The number of hydrogen-bond donors (Lipinski definition) is 1. The highest BCUT2D eigenvalue weighted by atomic mass is 16.3. The van der Waals surface area contributed by atoms with Crippen molar-refractivity contribution in [1.82, 2.24) is 0 Å².